The molecule has 0 fully saturated rings. The van der Waals surface area contributed by atoms with E-state index >= 15 is 0 Å². The first-order valence-electron chi connectivity index (χ1n) is 17.1. The molecule has 50 heavy (non-hydrogen) atoms. The van der Waals surface area contributed by atoms with Crippen molar-refractivity contribution in [3.63, 3.8) is 0 Å². The second-order valence-corrected chi connectivity index (χ2v) is 12.8. The van der Waals surface area contributed by atoms with Crippen LogP contribution in [0.15, 0.2) is 192 Å². The summed E-state index contributed by atoms with van der Waals surface area (Å²) in [7, 11) is 0. The topological polar surface area (TPSA) is 18.1 Å². The van der Waals surface area contributed by atoms with E-state index in [1.807, 2.05) is 12.1 Å². The molecule has 0 N–H and O–H groups in total. The lowest BCUT2D eigenvalue weighted by Crippen LogP contribution is -2.00. The largest absolute Gasteiger partial charge is 0.456 e. The van der Waals surface area contributed by atoms with E-state index in [9.17, 15) is 0 Å². The van der Waals surface area contributed by atoms with Crippen LogP contribution in [0.1, 0.15) is 0 Å². The second kappa shape index (κ2) is 11.5. The molecule has 2 aromatic heterocycles. The fraction of sp³-hybridized carbons (Fsp3) is 0. The second-order valence-electron chi connectivity index (χ2n) is 12.8. The molecule has 2 nitrogen and oxygen atoms in total. The minimum atomic E-state index is 0.889. The first-order chi connectivity index (χ1) is 24.8. The Bertz CT molecular complexity index is 2830. The molecule has 234 valence electrons. The monoisotopic (exact) mass is 637 g/mol. The minimum absolute atomic E-state index is 0.889. The van der Waals surface area contributed by atoms with E-state index in [2.05, 4.69) is 180 Å². The fourth-order valence-corrected chi connectivity index (χ4v) is 7.91. The zero-order valence-corrected chi connectivity index (χ0v) is 27.3. The van der Waals surface area contributed by atoms with Crippen LogP contribution >= 0.6 is 0 Å². The van der Waals surface area contributed by atoms with Gasteiger partial charge in [-0.25, -0.2) is 0 Å². The normalized spacial score (nSPS) is 11.6. The van der Waals surface area contributed by atoms with Crippen LogP contribution in [0.5, 0.6) is 0 Å². The highest BCUT2D eigenvalue weighted by Crippen LogP contribution is 2.54. The van der Waals surface area contributed by atoms with Gasteiger partial charge in [0.25, 0.3) is 0 Å². The van der Waals surface area contributed by atoms with Crippen LogP contribution in [0.3, 0.4) is 0 Å². The molecule has 0 atom stereocenters. The number of hydrogen-bond donors (Lipinski definition) is 0. The first-order valence-corrected chi connectivity index (χ1v) is 17.1. The van der Waals surface area contributed by atoms with Crippen molar-refractivity contribution in [3.05, 3.63) is 188 Å². The predicted molar refractivity (Wildman–Crippen MR) is 210 cm³/mol. The van der Waals surface area contributed by atoms with Crippen LogP contribution in [-0.2, 0) is 0 Å². The van der Waals surface area contributed by atoms with Crippen LogP contribution in [-0.4, -0.2) is 4.57 Å². The van der Waals surface area contributed by atoms with Gasteiger partial charge >= 0.3 is 0 Å². The van der Waals surface area contributed by atoms with Crippen LogP contribution in [0.2, 0.25) is 0 Å². The Morgan fingerprint density at radius 2 is 0.800 bits per heavy atom. The molecule has 0 saturated carbocycles. The Hall–Kier alpha value is -6.64. The number of nitrogens with zero attached hydrogens (tertiary/aromatic N) is 1. The molecule has 0 saturated heterocycles. The lowest BCUT2D eigenvalue weighted by atomic mass is 9.80. The maximum atomic E-state index is 6.30. The summed E-state index contributed by atoms with van der Waals surface area (Å²) >= 11 is 0. The van der Waals surface area contributed by atoms with Crippen LogP contribution in [0.4, 0.5) is 0 Å². The van der Waals surface area contributed by atoms with Gasteiger partial charge in [-0.05, 0) is 58.1 Å². The molecular weight excluding hydrogens is 607 g/mol. The van der Waals surface area contributed by atoms with Crippen molar-refractivity contribution in [2.24, 2.45) is 0 Å². The highest BCUT2D eigenvalue weighted by atomic mass is 16.3. The molecular formula is C48H31NO. The highest BCUT2D eigenvalue weighted by Gasteiger charge is 2.28. The van der Waals surface area contributed by atoms with E-state index in [4.69, 9.17) is 4.42 Å². The van der Waals surface area contributed by atoms with E-state index in [1.54, 1.807) is 0 Å². The number of fused-ring (bicyclic) bond motifs is 6. The molecule has 0 aliphatic carbocycles. The summed E-state index contributed by atoms with van der Waals surface area (Å²) in [6.45, 7) is 0. The molecule has 2 heteroatoms. The van der Waals surface area contributed by atoms with Crippen molar-refractivity contribution in [2.45, 2.75) is 0 Å². The summed E-state index contributed by atoms with van der Waals surface area (Å²) in [5, 5.41) is 4.68. The van der Waals surface area contributed by atoms with Crippen molar-refractivity contribution in [3.8, 4) is 50.2 Å². The first kappa shape index (κ1) is 28.4. The summed E-state index contributed by atoms with van der Waals surface area (Å²) in [4.78, 5) is 0. The Morgan fingerprint density at radius 1 is 0.340 bits per heavy atom. The number of hydrogen-bond acceptors (Lipinski definition) is 1. The van der Waals surface area contributed by atoms with Crippen molar-refractivity contribution in [1.29, 1.82) is 0 Å². The van der Waals surface area contributed by atoms with Crippen LogP contribution in [0.25, 0.3) is 93.9 Å². The molecule has 10 aromatic rings. The summed E-state index contributed by atoms with van der Waals surface area (Å²) in [5.74, 6) is 0. The zero-order valence-electron chi connectivity index (χ0n) is 27.3. The number of benzene rings is 8. The van der Waals surface area contributed by atoms with Crippen molar-refractivity contribution in [2.75, 3.05) is 0 Å². The van der Waals surface area contributed by atoms with E-state index in [0.717, 1.165) is 33.1 Å². The van der Waals surface area contributed by atoms with E-state index in [0.29, 0.717) is 0 Å². The van der Waals surface area contributed by atoms with Gasteiger partial charge in [0.2, 0.25) is 0 Å². The lowest BCUT2D eigenvalue weighted by molar-refractivity contribution is 0.669. The molecule has 0 bridgehead atoms. The molecule has 8 aromatic carbocycles. The molecule has 0 spiro atoms. The minimum Gasteiger partial charge on any atom is -0.456 e. The third kappa shape index (κ3) is 4.36. The predicted octanol–water partition coefficient (Wildman–Crippen LogP) is 13.4. The third-order valence-electron chi connectivity index (χ3n) is 9.98. The average molecular weight is 638 g/mol. The third-order valence-corrected chi connectivity index (χ3v) is 9.98. The zero-order chi connectivity index (χ0) is 33.0. The summed E-state index contributed by atoms with van der Waals surface area (Å²) in [6.07, 6.45) is 0. The van der Waals surface area contributed by atoms with E-state index in [-0.39, 0.29) is 0 Å². The van der Waals surface area contributed by atoms with E-state index < -0.39 is 0 Å². The summed E-state index contributed by atoms with van der Waals surface area (Å²) < 4.78 is 8.79. The highest BCUT2D eigenvalue weighted by molar-refractivity contribution is 6.26. The molecule has 0 unspecified atom stereocenters. The lowest BCUT2D eigenvalue weighted by Gasteiger charge is -2.24. The molecule has 0 aliphatic heterocycles. The van der Waals surface area contributed by atoms with Crippen LogP contribution in [0, 0.1) is 0 Å². The quantitative estimate of drug-likeness (QED) is 0.184. The molecule has 0 amide bonds. The Morgan fingerprint density at radius 3 is 1.42 bits per heavy atom. The Kier molecular flexibility index (Phi) is 6.53. The number of furan rings is 1. The van der Waals surface area contributed by atoms with E-state index in [1.165, 1.54) is 60.8 Å². The van der Waals surface area contributed by atoms with Crippen molar-refractivity contribution >= 4 is 43.7 Å². The smallest absolute Gasteiger partial charge is 0.135 e. The number of para-hydroxylation sites is 2. The average Bonchev–Trinajstić information content (AvgIpc) is 3.74. The van der Waals surface area contributed by atoms with Gasteiger partial charge in [-0.1, -0.05) is 158 Å². The maximum absolute atomic E-state index is 6.30. The molecule has 2 heterocycles. The SMILES string of the molecule is c1ccc(-c2c(-c3ccccc3)c(-c3ccccc3)c3c(c2-c2ccccc2)c2ccccc2n3-c2ccc3oc4ccccc4c3c2)cc1. The molecule has 0 aliphatic rings. The van der Waals surface area contributed by atoms with Gasteiger partial charge in [-0.3, -0.25) is 0 Å². The van der Waals surface area contributed by atoms with Gasteiger partial charge in [0.15, 0.2) is 0 Å². The summed E-state index contributed by atoms with van der Waals surface area (Å²) in [6, 6.07) is 67.5. The Labute approximate surface area is 290 Å². The molecule has 0 radical (unpaired) electrons. The van der Waals surface area contributed by atoms with Crippen molar-refractivity contribution < 1.29 is 4.42 Å². The Balaban J connectivity index is 1.50. The van der Waals surface area contributed by atoms with Gasteiger partial charge in [0.05, 0.1) is 11.0 Å². The fourth-order valence-electron chi connectivity index (χ4n) is 7.91. The summed E-state index contributed by atoms with van der Waals surface area (Å²) in [5.41, 5.74) is 14.8. The van der Waals surface area contributed by atoms with Crippen molar-refractivity contribution in [1.82, 2.24) is 4.57 Å². The van der Waals surface area contributed by atoms with Gasteiger partial charge in [0.1, 0.15) is 11.2 Å². The van der Waals surface area contributed by atoms with Gasteiger partial charge in [-0.15, -0.1) is 0 Å². The van der Waals surface area contributed by atoms with Gasteiger partial charge in [0, 0.05) is 43.9 Å². The maximum Gasteiger partial charge on any atom is 0.135 e. The van der Waals surface area contributed by atoms with Crippen LogP contribution < -0.4 is 0 Å². The van der Waals surface area contributed by atoms with Gasteiger partial charge < -0.3 is 8.98 Å². The van der Waals surface area contributed by atoms with Gasteiger partial charge in [-0.2, -0.15) is 0 Å². The number of aromatic nitrogens is 1. The standard InChI is InChI=1S/C48H31NO/c1-5-17-32(18-6-1)43-44(33-19-7-2-8-20-33)46(35-23-11-4-12-24-35)48-47(45(43)34-21-9-3-10-22-34)38-26-13-15-27-40(38)49(48)36-29-30-42-39(31-36)37-25-14-16-28-41(37)50-42/h1-31H. The molecule has 10 rings (SSSR count). The number of rotatable bonds is 5.